The van der Waals surface area contributed by atoms with Gasteiger partial charge < -0.3 is 29.7 Å². The summed E-state index contributed by atoms with van der Waals surface area (Å²) < 4.78 is 17.0. The van der Waals surface area contributed by atoms with E-state index in [1.54, 1.807) is 35.2 Å². The maximum absolute atomic E-state index is 12.5. The second-order valence-electron chi connectivity index (χ2n) is 7.51. The first-order chi connectivity index (χ1) is 15.0. The molecule has 2 atom stereocenters. The first-order valence-electron chi connectivity index (χ1n) is 10.1. The minimum absolute atomic E-state index is 0.101. The zero-order valence-corrected chi connectivity index (χ0v) is 16.8. The molecule has 3 N–H and O–H groups in total. The monoisotopic (exact) mass is 428 g/mol. The number of nitrogens with zero attached hydrogens (tertiary/aromatic N) is 1. The molecule has 2 aliphatic rings. The lowest BCUT2D eigenvalue weighted by molar-refractivity contribution is -0.117. The van der Waals surface area contributed by atoms with E-state index in [0.29, 0.717) is 49.2 Å². The van der Waals surface area contributed by atoms with Crippen LogP contribution in [-0.2, 0) is 4.79 Å². The van der Waals surface area contributed by atoms with Gasteiger partial charge in [-0.15, -0.1) is 0 Å². The zero-order valence-electron chi connectivity index (χ0n) is 16.8. The second-order valence-corrected chi connectivity index (χ2v) is 7.51. The Morgan fingerprint density at radius 1 is 1.06 bits per heavy atom. The van der Waals surface area contributed by atoms with Gasteiger partial charge in [-0.3, -0.25) is 9.69 Å². The molecule has 1 fully saturated rings. The molecule has 0 radical (unpaired) electrons. The van der Waals surface area contributed by atoms with Gasteiger partial charge >= 0.3 is 5.97 Å². The van der Waals surface area contributed by atoms with Crippen molar-refractivity contribution in [2.24, 2.45) is 0 Å². The summed E-state index contributed by atoms with van der Waals surface area (Å²) in [5.41, 5.74) is 0.771. The third-order valence-electron chi connectivity index (χ3n) is 5.10. The lowest BCUT2D eigenvalue weighted by atomic mass is 10.2. The molecular weight excluding hydrogens is 404 g/mol. The van der Waals surface area contributed by atoms with Gasteiger partial charge in [-0.1, -0.05) is 0 Å². The van der Waals surface area contributed by atoms with E-state index >= 15 is 0 Å². The quantitative estimate of drug-likeness (QED) is 0.635. The Morgan fingerprint density at radius 2 is 1.81 bits per heavy atom. The molecule has 2 aliphatic heterocycles. The number of amides is 1. The Kier molecular flexibility index (Phi) is 6.24. The number of aliphatic hydroxyl groups excluding tert-OH is 1. The first kappa shape index (κ1) is 21.0. The number of carbonyl (C=O) groups is 2. The van der Waals surface area contributed by atoms with E-state index < -0.39 is 18.2 Å². The molecular formula is C22H24N2O7. The smallest absolute Gasteiger partial charge is 0.335 e. The second kappa shape index (κ2) is 9.23. The predicted octanol–water partition coefficient (Wildman–Crippen LogP) is 1.61. The number of aliphatic hydroxyl groups is 1. The topological polar surface area (TPSA) is 118 Å². The summed E-state index contributed by atoms with van der Waals surface area (Å²) >= 11 is 0. The van der Waals surface area contributed by atoms with Gasteiger partial charge in [0.05, 0.1) is 25.3 Å². The molecule has 9 nitrogen and oxygen atoms in total. The van der Waals surface area contributed by atoms with Crippen LogP contribution in [0, 0.1) is 0 Å². The molecule has 0 spiro atoms. The number of carbonyl (C=O) groups excluding carboxylic acids is 1. The molecule has 164 valence electrons. The Hall–Kier alpha value is -3.30. The van der Waals surface area contributed by atoms with Crippen LogP contribution in [-0.4, -0.2) is 72.0 Å². The fourth-order valence-electron chi connectivity index (χ4n) is 3.57. The summed E-state index contributed by atoms with van der Waals surface area (Å²) in [5, 5.41) is 22.1. The fraction of sp³-hybridized carbons (Fsp3) is 0.364. The van der Waals surface area contributed by atoms with Crippen LogP contribution < -0.4 is 19.5 Å². The minimum atomic E-state index is -1.02. The molecule has 0 aromatic heterocycles. The van der Waals surface area contributed by atoms with Crippen molar-refractivity contribution in [3.8, 4) is 17.2 Å². The number of β-amino-alcohol motifs (C(OH)–C–C–N with tert-alkyl or cyclic N) is 1. The number of ether oxygens (including phenoxy) is 3. The zero-order chi connectivity index (χ0) is 21.8. The molecule has 0 aliphatic carbocycles. The Morgan fingerprint density at radius 3 is 2.55 bits per heavy atom. The van der Waals surface area contributed by atoms with E-state index in [1.807, 2.05) is 0 Å². The normalized spacial score (nSPS) is 20.7. The van der Waals surface area contributed by atoms with Crippen molar-refractivity contribution in [1.82, 2.24) is 4.90 Å². The van der Waals surface area contributed by atoms with Crippen molar-refractivity contribution in [2.75, 3.05) is 38.2 Å². The van der Waals surface area contributed by atoms with Crippen molar-refractivity contribution >= 4 is 17.6 Å². The number of rotatable bonds is 6. The maximum atomic E-state index is 12.5. The number of anilines is 1. The van der Waals surface area contributed by atoms with Crippen LogP contribution >= 0.6 is 0 Å². The van der Waals surface area contributed by atoms with Gasteiger partial charge in [0.1, 0.15) is 18.0 Å². The predicted molar refractivity (Wildman–Crippen MR) is 111 cm³/mol. The van der Waals surface area contributed by atoms with Crippen LogP contribution in [0.15, 0.2) is 42.5 Å². The van der Waals surface area contributed by atoms with E-state index in [-0.39, 0.29) is 18.0 Å². The average Bonchev–Trinajstić information content (AvgIpc) is 2.93. The summed E-state index contributed by atoms with van der Waals surface area (Å²) in [6.07, 6.45) is -0.466. The van der Waals surface area contributed by atoms with Crippen molar-refractivity contribution in [3.63, 3.8) is 0 Å². The number of hydrogen-bond acceptors (Lipinski definition) is 7. The number of carboxylic acids is 1. The first-order valence-corrected chi connectivity index (χ1v) is 10.1. The number of nitrogens with one attached hydrogen (secondary N) is 1. The Balaban J connectivity index is 1.30. The lowest BCUT2D eigenvalue weighted by Crippen LogP contribution is -2.33. The summed E-state index contributed by atoms with van der Waals surface area (Å²) in [6, 6.07) is 11.3. The van der Waals surface area contributed by atoms with E-state index in [4.69, 9.17) is 19.3 Å². The van der Waals surface area contributed by atoms with Gasteiger partial charge in [-0.05, 0) is 36.4 Å². The number of aromatic carboxylic acids is 1. The van der Waals surface area contributed by atoms with Gasteiger partial charge in [-0.25, -0.2) is 4.79 Å². The molecule has 9 heteroatoms. The van der Waals surface area contributed by atoms with Gasteiger partial charge in [0.2, 0.25) is 5.91 Å². The SMILES string of the molecule is O=C(CN1C[C@@H](O)[C@H](Oc2ccc(C(=O)O)cc2)C1)Nc1ccc2c(c1)OCCCO2. The molecule has 31 heavy (non-hydrogen) atoms. The lowest BCUT2D eigenvalue weighted by Gasteiger charge is -2.17. The van der Waals surface area contributed by atoms with Gasteiger partial charge in [0.25, 0.3) is 0 Å². The summed E-state index contributed by atoms with van der Waals surface area (Å²) in [4.78, 5) is 25.2. The van der Waals surface area contributed by atoms with E-state index in [0.717, 1.165) is 6.42 Å². The highest BCUT2D eigenvalue weighted by molar-refractivity contribution is 5.92. The fourth-order valence-corrected chi connectivity index (χ4v) is 3.57. The molecule has 0 bridgehead atoms. The highest BCUT2D eigenvalue weighted by atomic mass is 16.5. The standard InChI is InChI=1S/C22H24N2O7/c25-17-11-24(12-20(17)31-16-5-2-14(3-6-16)22(27)28)13-21(26)23-15-4-7-18-19(10-15)30-9-1-8-29-18/h2-7,10,17,20,25H,1,8-9,11-13H2,(H,23,26)(H,27,28)/t17-,20-/m1/s1. The van der Waals surface area contributed by atoms with Gasteiger partial charge in [0, 0.05) is 31.3 Å². The number of fused-ring (bicyclic) bond motifs is 1. The molecule has 2 aromatic carbocycles. The number of carboxylic acid groups (broad SMARTS) is 1. The third kappa shape index (κ3) is 5.25. The van der Waals surface area contributed by atoms with E-state index in [1.165, 1.54) is 12.1 Å². The Bertz CT molecular complexity index is 947. The van der Waals surface area contributed by atoms with Crippen LogP contribution in [0.1, 0.15) is 16.8 Å². The summed E-state index contributed by atoms with van der Waals surface area (Å²) in [6.45, 7) is 1.94. The molecule has 1 amide bonds. The number of hydrogen-bond donors (Lipinski definition) is 3. The van der Waals surface area contributed by atoms with Crippen LogP contribution in [0.5, 0.6) is 17.2 Å². The van der Waals surface area contributed by atoms with Crippen molar-refractivity contribution in [2.45, 2.75) is 18.6 Å². The number of benzene rings is 2. The van der Waals surface area contributed by atoms with Crippen LogP contribution in [0.3, 0.4) is 0 Å². The highest BCUT2D eigenvalue weighted by Gasteiger charge is 2.34. The number of likely N-dealkylation sites (tertiary alicyclic amines) is 1. The highest BCUT2D eigenvalue weighted by Crippen LogP contribution is 2.32. The maximum Gasteiger partial charge on any atom is 0.335 e. The van der Waals surface area contributed by atoms with Gasteiger partial charge in [-0.2, -0.15) is 0 Å². The average molecular weight is 428 g/mol. The van der Waals surface area contributed by atoms with Crippen molar-refractivity contribution < 1.29 is 34.0 Å². The van der Waals surface area contributed by atoms with Crippen LogP contribution in [0.4, 0.5) is 5.69 Å². The Labute approximate surface area is 179 Å². The van der Waals surface area contributed by atoms with Crippen molar-refractivity contribution in [3.05, 3.63) is 48.0 Å². The van der Waals surface area contributed by atoms with Crippen LogP contribution in [0.2, 0.25) is 0 Å². The summed E-state index contributed by atoms with van der Waals surface area (Å²) in [7, 11) is 0. The van der Waals surface area contributed by atoms with Crippen LogP contribution in [0.25, 0.3) is 0 Å². The van der Waals surface area contributed by atoms with Gasteiger partial charge in [0.15, 0.2) is 11.5 Å². The third-order valence-corrected chi connectivity index (χ3v) is 5.10. The van der Waals surface area contributed by atoms with Crippen molar-refractivity contribution in [1.29, 1.82) is 0 Å². The minimum Gasteiger partial charge on any atom is -0.490 e. The molecule has 4 rings (SSSR count). The molecule has 1 saturated heterocycles. The molecule has 0 saturated carbocycles. The molecule has 0 unspecified atom stereocenters. The molecule has 2 aromatic rings. The molecule has 2 heterocycles. The van der Waals surface area contributed by atoms with E-state index in [9.17, 15) is 14.7 Å². The summed E-state index contributed by atoms with van der Waals surface area (Å²) in [5.74, 6) is 0.503. The van der Waals surface area contributed by atoms with E-state index in [2.05, 4.69) is 5.32 Å². The largest absolute Gasteiger partial charge is 0.490 e.